The van der Waals surface area contributed by atoms with Crippen LogP contribution in [0.1, 0.15) is 28.4 Å². The van der Waals surface area contributed by atoms with Gasteiger partial charge >= 0.3 is 5.97 Å². The van der Waals surface area contributed by atoms with Crippen molar-refractivity contribution < 1.29 is 14.5 Å². The van der Waals surface area contributed by atoms with Crippen LogP contribution in [-0.2, 0) is 11.2 Å². The highest BCUT2D eigenvalue weighted by Gasteiger charge is 2.25. The third-order valence-corrected chi connectivity index (χ3v) is 2.35. The Balaban J connectivity index is 3.62. The molecule has 6 heteroatoms. The Morgan fingerprint density at radius 1 is 1.59 bits per heavy atom. The Labute approximate surface area is 97.6 Å². The molecular weight excluding hydrogens is 224 g/mol. The molecule has 0 amide bonds. The smallest absolute Gasteiger partial charge is 0.339 e. The topological polar surface area (TPSA) is 93.2 Å². The number of nitro benzene ring substituents is 1. The summed E-state index contributed by atoms with van der Waals surface area (Å²) in [5, 5.41) is 19.7. The van der Waals surface area contributed by atoms with Crippen LogP contribution >= 0.6 is 0 Å². The molecule has 1 aromatic carbocycles. The molecule has 0 heterocycles. The first-order chi connectivity index (χ1) is 8.06. The van der Waals surface area contributed by atoms with Crippen molar-refractivity contribution in [3.05, 3.63) is 38.9 Å². The summed E-state index contributed by atoms with van der Waals surface area (Å²) in [5.74, 6) is -0.734. The molecule has 0 atom stereocenters. The zero-order chi connectivity index (χ0) is 13.0. The monoisotopic (exact) mass is 234 g/mol. The standard InChI is InChI=1S/C11H10N2O4/c1-3-7-4-5-9(13(15)16)8(6-12)10(7)11(14)17-2/h4-5H,3H2,1-2H3. The molecule has 0 saturated heterocycles. The predicted octanol–water partition coefficient (Wildman–Crippen LogP) is 1.82. The summed E-state index contributed by atoms with van der Waals surface area (Å²) < 4.78 is 4.54. The van der Waals surface area contributed by atoms with E-state index < -0.39 is 10.9 Å². The molecule has 1 aromatic rings. The average Bonchev–Trinajstić information content (AvgIpc) is 2.35. The molecule has 0 spiro atoms. The number of esters is 1. The van der Waals surface area contributed by atoms with Gasteiger partial charge in [0.25, 0.3) is 5.69 Å². The molecule has 0 saturated carbocycles. The van der Waals surface area contributed by atoms with Crippen molar-refractivity contribution in [2.24, 2.45) is 0 Å². The van der Waals surface area contributed by atoms with E-state index >= 15 is 0 Å². The van der Waals surface area contributed by atoms with Crippen molar-refractivity contribution in [3.8, 4) is 6.07 Å². The van der Waals surface area contributed by atoms with E-state index in [1.165, 1.54) is 19.2 Å². The minimum absolute atomic E-state index is 0.0216. The highest BCUT2D eigenvalue weighted by atomic mass is 16.6. The molecule has 0 radical (unpaired) electrons. The van der Waals surface area contributed by atoms with Crippen molar-refractivity contribution in [2.45, 2.75) is 13.3 Å². The zero-order valence-electron chi connectivity index (χ0n) is 9.39. The normalized spacial score (nSPS) is 9.47. The number of hydrogen-bond donors (Lipinski definition) is 0. The number of benzene rings is 1. The van der Waals surface area contributed by atoms with E-state index in [4.69, 9.17) is 5.26 Å². The lowest BCUT2D eigenvalue weighted by atomic mass is 9.98. The number of methoxy groups -OCH3 is 1. The summed E-state index contributed by atoms with van der Waals surface area (Å²) in [6.07, 6.45) is 0.483. The lowest BCUT2D eigenvalue weighted by molar-refractivity contribution is -0.385. The Bertz CT molecular complexity index is 517. The van der Waals surface area contributed by atoms with Crippen molar-refractivity contribution in [2.75, 3.05) is 7.11 Å². The van der Waals surface area contributed by atoms with Gasteiger partial charge in [0.15, 0.2) is 0 Å². The lowest BCUT2D eigenvalue weighted by Crippen LogP contribution is -2.10. The predicted molar refractivity (Wildman–Crippen MR) is 58.5 cm³/mol. The van der Waals surface area contributed by atoms with E-state index in [1.54, 1.807) is 13.0 Å². The molecular formula is C11H10N2O4. The van der Waals surface area contributed by atoms with Crippen molar-refractivity contribution in [3.63, 3.8) is 0 Å². The second-order valence-electron chi connectivity index (χ2n) is 3.21. The summed E-state index contributed by atoms with van der Waals surface area (Å²) >= 11 is 0. The van der Waals surface area contributed by atoms with E-state index in [0.717, 1.165) is 0 Å². The Morgan fingerprint density at radius 3 is 2.65 bits per heavy atom. The van der Waals surface area contributed by atoms with Gasteiger partial charge in [-0.25, -0.2) is 4.79 Å². The van der Waals surface area contributed by atoms with Gasteiger partial charge in [0.2, 0.25) is 0 Å². The number of nitro groups is 1. The molecule has 1 rings (SSSR count). The minimum atomic E-state index is -0.734. The number of carbonyl (C=O) groups is 1. The fourth-order valence-electron chi connectivity index (χ4n) is 1.53. The summed E-state index contributed by atoms with van der Waals surface area (Å²) in [6, 6.07) is 4.38. The van der Waals surface area contributed by atoms with Crippen molar-refractivity contribution in [1.82, 2.24) is 0 Å². The van der Waals surface area contributed by atoms with Gasteiger partial charge in [0.1, 0.15) is 11.6 Å². The van der Waals surface area contributed by atoms with Gasteiger partial charge in [-0.2, -0.15) is 5.26 Å². The molecule has 6 nitrogen and oxygen atoms in total. The highest BCUT2D eigenvalue weighted by Crippen LogP contribution is 2.25. The maximum Gasteiger partial charge on any atom is 0.339 e. The number of aryl methyl sites for hydroxylation is 1. The van der Waals surface area contributed by atoms with Crippen LogP contribution in [0.2, 0.25) is 0 Å². The van der Waals surface area contributed by atoms with Crippen LogP contribution in [-0.4, -0.2) is 18.0 Å². The lowest BCUT2D eigenvalue weighted by Gasteiger charge is -2.07. The van der Waals surface area contributed by atoms with Gasteiger partial charge in [0, 0.05) is 6.07 Å². The molecule has 0 fully saturated rings. The van der Waals surface area contributed by atoms with Crippen molar-refractivity contribution >= 4 is 11.7 Å². The van der Waals surface area contributed by atoms with Gasteiger partial charge in [-0.05, 0) is 12.0 Å². The Hall–Kier alpha value is -2.42. The van der Waals surface area contributed by atoms with Crippen LogP contribution in [0.4, 0.5) is 5.69 Å². The molecule has 0 unspecified atom stereocenters. The molecule has 0 N–H and O–H groups in total. The largest absolute Gasteiger partial charge is 0.465 e. The second kappa shape index (κ2) is 5.07. The zero-order valence-corrected chi connectivity index (χ0v) is 9.39. The molecule has 0 aromatic heterocycles. The number of rotatable bonds is 3. The average molecular weight is 234 g/mol. The van der Waals surface area contributed by atoms with Gasteiger partial charge in [-0.3, -0.25) is 10.1 Å². The number of hydrogen-bond acceptors (Lipinski definition) is 5. The number of ether oxygens (including phenoxy) is 1. The van der Waals surface area contributed by atoms with Gasteiger partial charge in [-0.1, -0.05) is 13.0 Å². The second-order valence-corrected chi connectivity index (χ2v) is 3.21. The summed E-state index contributed by atoms with van der Waals surface area (Å²) in [6.45, 7) is 1.79. The third-order valence-electron chi connectivity index (χ3n) is 2.35. The van der Waals surface area contributed by atoms with E-state index in [9.17, 15) is 14.9 Å². The molecule has 0 aliphatic rings. The first-order valence-electron chi connectivity index (χ1n) is 4.85. The molecule has 0 aliphatic carbocycles. The third kappa shape index (κ3) is 2.23. The number of nitriles is 1. The van der Waals surface area contributed by atoms with E-state index in [2.05, 4.69) is 4.74 Å². The fourth-order valence-corrected chi connectivity index (χ4v) is 1.53. The molecule has 88 valence electrons. The number of carbonyl (C=O) groups excluding carboxylic acids is 1. The van der Waals surface area contributed by atoms with Crippen molar-refractivity contribution in [1.29, 1.82) is 5.26 Å². The van der Waals surface area contributed by atoms with Crippen LogP contribution in [0.15, 0.2) is 12.1 Å². The Kier molecular flexibility index (Phi) is 3.78. The van der Waals surface area contributed by atoms with Gasteiger partial charge in [-0.15, -0.1) is 0 Å². The quantitative estimate of drug-likeness (QED) is 0.451. The maximum atomic E-state index is 11.6. The fraction of sp³-hybridized carbons (Fsp3) is 0.273. The van der Waals surface area contributed by atoms with Crippen LogP contribution < -0.4 is 0 Å². The Morgan fingerprint density at radius 2 is 2.24 bits per heavy atom. The molecule has 0 bridgehead atoms. The SMILES string of the molecule is CCc1ccc([N+](=O)[O-])c(C#N)c1C(=O)OC. The summed E-state index contributed by atoms with van der Waals surface area (Å²) in [7, 11) is 1.17. The minimum Gasteiger partial charge on any atom is -0.465 e. The molecule has 17 heavy (non-hydrogen) atoms. The summed E-state index contributed by atoms with van der Waals surface area (Å²) in [5.41, 5.74) is -0.1000. The highest BCUT2D eigenvalue weighted by molar-refractivity contribution is 5.95. The first-order valence-corrected chi connectivity index (χ1v) is 4.85. The number of nitrogens with zero attached hydrogens (tertiary/aromatic N) is 2. The summed E-state index contributed by atoms with van der Waals surface area (Å²) in [4.78, 5) is 21.6. The van der Waals surface area contributed by atoms with E-state index in [-0.39, 0.29) is 16.8 Å². The maximum absolute atomic E-state index is 11.6. The van der Waals surface area contributed by atoms with Crippen LogP contribution in [0.5, 0.6) is 0 Å². The van der Waals surface area contributed by atoms with Crippen LogP contribution in [0.3, 0.4) is 0 Å². The van der Waals surface area contributed by atoms with Gasteiger partial charge in [0.05, 0.1) is 17.6 Å². The van der Waals surface area contributed by atoms with E-state index in [0.29, 0.717) is 12.0 Å². The van der Waals surface area contributed by atoms with Gasteiger partial charge < -0.3 is 4.74 Å². The molecule has 0 aliphatic heterocycles. The van der Waals surface area contributed by atoms with Crippen LogP contribution in [0.25, 0.3) is 0 Å². The first kappa shape index (κ1) is 12.6. The van der Waals surface area contributed by atoms with Crippen LogP contribution in [0, 0.1) is 21.4 Å². The van der Waals surface area contributed by atoms with E-state index in [1.807, 2.05) is 0 Å².